The zero-order valence-electron chi connectivity index (χ0n) is 15.6. The number of carbonyl (C=O) groups is 1. The van der Waals surface area contributed by atoms with E-state index in [9.17, 15) is 4.79 Å². The molecule has 1 saturated heterocycles. The van der Waals surface area contributed by atoms with Crippen LogP contribution in [0.25, 0.3) is 0 Å². The Hall–Kier alpha value is -1.59. The van der Waals surface area contributed by atoms with Crippen molar-refractivity contribution in [3.05, 3.63) is 29.3 Å². The second-order valence-corrected chi connectivity index (χ2v) is 6.67. The fourth-order valence-electron chi connectivity index (χ4n) is 3.08. The summed E-state index contributed by atoms with van der Waals surface area (Å²) in [5, 5.41) is 6.40. The molecule has 2 rings (SSSR count). The Morgan fingerprint density at radius 1 is 1.28 bits per heavy atom. The standard InChI is InChI=1S/C20H32N2O3/c1-3-24-12-13-25-19-14-16(2)4-6-18(19)15-22-20(23)7-5-17-8-10-21-11-9-17/h4,6,14,17,21H,3,5,7-13,15H2,1-2H3,(H,22,23). The maximum atomic E-state index is 12.1. The van der Waals surface area contributed by atoms with E-state index >= 15 is 0 Å². The van der Waals surface area contributed by atoms with Gasteiger partial charge in [-0.15, -0.1) is 0 Å². The molecule has 5 nitrogen and oxygen atoms in total. The Bertz CT molecular complexity index is 528. The number of hydrogen-bond acceptors (Lipinski definition) is 4. The van der Waals surface area contributed by atoms with Gasteiger partial charge in [0.25, 0.3) is 0 Å². The van der Waals surface area contributed by atoms with Crippen LogP contribution in [-0.2, 0) is 16.1 Å². The number of benzene rings is 1. The van der Waals surface area contributed by atoms with Gasteiger partial charge >= 0.3 is 0 Å². The van der Waals surface area contributed by atoms with E-state index in [2.05, 4.69) is 10.6 Å². The second kappa shape index (κ2) is 11.1. The zero-order chi connectivity index (χ0) is 17.9. The SMILES string of the molecule is CCOCCOc1cc(C)ccc1CNC(=O)CCC1CCNCC1. The molecule has 0 radical (unpaired) electrons. The first kappa shape index (κ1) is 19.7. The zero-order valence-corrected chi connectivity index (χ0v) is 15.6. The molecule has 0 unspecified atom stereocenters. The first-order valence-corrected chi connectivity index (χ1v) is 9.46. The minimum atomic E-state index is 0.124. The van der Waals surface area contributed by atoms with Crippen LogP contribution in [0, 0.1) is 12.8 Å². The van der Waals surface area contributed by atoms with Crippen LogP contribution in [0.5, 0.6) is 5.75 Å². The van der Waals surface area contributed by atoms with Crippen molar-refractivity contribution in [3.63, 3.8) is 0 Å². The summed E-state index contributed by atoms with van der Waals surface area (Å²) >= 11 is 0. The van der Waals surface area contributed by atoms with Gasteiger partial charge in [0.05, 0.1) is 6.61 Å². The molecule has 0 bridgehead atoms. The third-order valence-corrected chi connectivity index (χ3v) is 4.63. The fourth-order valence-corrected chi connectivity index (χ4v) is 3.08. The molecule has 0 saturated carbocycles. The van der Waals surface area contributed by atoms with Crippen molar-refractivity contribution in [3.8, 4) is 5.75 Å². The molecule has 0 spiro atoms. The third-order valence-electron chi connectivity index (χ3n) is 4.63. The average Bonchev–Trinajstić information content (AvgIpc) is 2.63. The molecule has 2 N–H and O–H groups in total. The quantitative estimate of drug-likeness (QED) is 0.639. The molecule has 0 atom stereocenters. The number of nitrogens with one attached hydrogen (secondary N) is 2. The van der Waals surface area contributed by atoms with E-state index in [1.807, 2.05) is 32.0 Å². The largest absolute Gasteiger partial charge is 0.491 e. The molecular weight excluding hydrogens is 316 g/mol. The number of aryl methyl sites for hydroxylation is 1. The van der Waals surface area contributed by atoms with Gasteiger partial charge in [-0.1, -0.05) is 12.1 Å². The summed E-state index contributed by atoms with van der Waals surface area (Å²) in [6, 6.07) is 6.09. The first-order valence-electron chi connectivity index (χ1n) is 9.46. The molecule has 1 heterocycles. The van der Waals surface area contributed by atoms with Crippen LogP contribution >= 0.6 is 0 Å². The summed E-state index contributed by atoms with van der Waals surface area (Å²) in [5.74, 6) is 1.64. The second-order valence-electron chi connectivity index (χ2n) is 6.67. The van der Waals surface area contributed by atoms with Crippen LogP contribution in [0.15, 0.2) is 18.2 Å². The van der Waals surface area contributed by atoms with Gasteiger partial charge in [-0.25, -0.2) is 0 Å². The van der Waals surface area contributed by atoms with E-state index < -0.39 is 0 Å². The van der Waals surface area contributed by atoms with Gasteiger partial charge in [0, 0.05) is 25.1 Å². The normalized spacial score (nSPS) is 15.1. The molecule has 1 aliphatic rings. The summed E-state index contributed by atoms with van der Waals surface area (Å²) in [4.78, 5) is 12.1. The van der Waals surface area contributed by atoms with Gasteiger partial charge < -0.3 is 20.1 Å². The van der Waals surface area contributed by atoms with Crippen LogP contribution in [0.1, 0.15) is 43.7 Å². The van der Waals surface area contributed by atoms with Crippen LogP contribution < -0.4 is 15.4 Å². The third kappa shape index (κ3) is 7.45. The predicted molar refractivity (Wildman–Crippen MR) is 99.8 cm³/mol. The minimum absolute atomic E-state index is 0.124. The van der Waals surface area contributed by atoms with Crippen molar-refractivity contribution in [1.82, 2.24) is 10.6 Å². The molecule has 140 valence electrons. The predicted octanol–water partition coefficient (Wildman–Crippen LogP) is 2.81. The number of piperidine rings is 1. The topological polar surface area (TPSA) is 59.6 Å². The molecule has 1 fully saturated rings. The lowest BCUT2D eigenvalue weighted by atomic mass is 9.93. The van der Waals surface area contributed by atoms with Gasteiger partial charge in [-0.3, -0.25) is 4.79 Å². The van der Waals surface area contributed by atoms with E-state index in [1.54, 1.807) is 0 Å². The highest BCUT2D eigenvalue weighted by Gasteiger charge is 2.14. The summed E-state index contributed by atoms with van der Waals surface area (Å²) in [6.07, 6.45) is 3.96. The summed E-state index contributed by atoms with van der Waals surface area (Å²) < 4.78 is 11.1. The minimum Gasteiger partial charge on any atom is -0.491 e. The number of ether oxygens (including phenoxy) is 2. The molecule has 25 heavy (non-hydrogen) atoms. The van der Waals surface area contributed by atoms with Crippen molar-refractivity contribution >= 4 is 5.91 Å². The Morgan fingerprint density at radius 2 is 2.08 bits per heavy atom. The summed E-state index contributed by atoms with van der Waals surface area (Å²) in [6.45, 7) is 8.47. The smallest absolute Gasteiger partial charge is 0.220 e. The molecule has 1 amide bonds. The Kier molecular flexibility index (Phi) is 8.77. The van der Waals surface area contributed by atoms with Gasteiger partial charge in [0.15, 0.2) is 0 Å². The van der Waals surface area contributed by atoms with Gasteiger partial charge in [-0.05, 0) is 63.7 Å². The summed E-state index contributed by atoms with van der Waals surface area (Å²) in [5.41, 5.74) is 2.16. The van der Waals surface area contributed by atoms with Gasteiger partial charge in [0.2, 0.25) is 5.91 Å². The first-order chi connectivity index (χ1) is 12.2. The van der Waals surface area contributed by atoms with Crippen molar-refractivity contribution in [2.75, 3.05) is 32.9 Å². The summed E-state index contributed by atoms with van der Waals surface area (Å²) in [7, 11) is 0. The maximum absolute atomic E-state index is 12.1. The van der Waals surface area contributed by atoms with Crippen molar-refractivity contribution < 1.29 is 14.3 Å². The Labute approximate surface area is 151 Å². The van der Waals surface area contributed by atoms with Crippen LogP contribution in [0.2, 0.25) is 0 Å². The lowest BCUT2D eigenvalue weighted by molar-refractivity contribution is -0.121. The van der Waals surface area contributed by atoms with Crippen LogP contribution in [0.3, 0.4) is 0 Å². The molecule has 0 aliphatic carbocycles. The number of amides is 1. The van der Waals surface area contributed by atoms with Crippen molar-refractivity contribution in [2.45, 2.75) is 46.1 Å². The van der Waals surface area contributed by atoms with Crippen molar-refractivity contribution in [1.29, 1.82) is 0 Å². The van der Waals surface area contributed by atoms with Gasteiger partial charge in [0.1, 0.15) is 12.4 Å². The number of rotatable bonds is 10. The number of carbonyl (C=O) groups excluding carboxylic acids is 1. The lowest BCUT2D eigenvalue weighted by Crippen LogP contribution is -2.29. The molecule has 1 aromatic rings. The van der Waals surface area contributed by atoms with Crippen LogP contribution in [0.4, 0.5) is 0 Å². The molecule has 5 heteroatoms. The Morgan fingerprint density at radius 3 is 2.84 bits per heavy atom. The molecule has 1 aromatic carbocycles. The highest BCUT2D eigenvalue weighted by Crippen LogP contribution is 2.21. The van der Waals surface area contributed by atoms with Crippen LogP contribution in [-0.4, -0.2) is 38.8 Å². The highest BCUT2D eigenvalue weighted by molar-refractivity contribution is 5.75. The van der Waals surface area contributed by atoms with E-state index in [-0.39, 0.29) is 5.91 Å². The monoisotopic (exact) mass is 348 g/mol. The molecule has 1 aliphatic heterocycles. The van der Waals surface area contributed by atoms with E-state index in [4.69, 9.17) is 9.47 Å². The van der Waals surface area contributed by atoms with E-state index in [0.717, 1.165) is 36.4 Å². The highest BCUT2D eigenvalue weighted by atomic mass is 16.5. The van der Waals surface area contributed by atoms with E-state index in [0.29, 0.717) is 38.7 Å². The molecular formula is C20H32N2O3. The van der Waals surface area contributed by atoms with Gasteiger partial charge in [-0.2, -0.15) is 0 Å². The number of hydrogen-bond donors (Lipinski definition) is 2. The van der Waals surface area contributed by atoms with Crippen molar-refractivity contribution in [2.24, 2.45) is 5.92 Å². The van der Waals surface area contributed by atoms with E-state index in [1.165, 1.54) is 12.8 Å². The fraction of sp³-hybridized carbons (Fsp3) is 0.650. The molecule has 0 aromatic heterocycles. The Balaban J connectivity index is 1.77. The lowest BCUT2D eigenvalue weighted by Gasteiger charge is -2.22. The average molecular weight is 348 g/mol. The maximum Gasteiger partial charge on any atom is 0.220 e.